The number of aromatic nitrogens is 3. The average Bonchev–Trinajstić information content (AvgIpc) is 2.90. The third-order valence-electron chi connectivity index (χ3n) is 3.24. The monoisotopic (exact) mass is 329 g/mol. The Hall–Kier alpha value is -2.01. The molecule has 0 aliphatic rings. The quantitative estimate of drug-likeness (QED) is 0.676. The summed E-state index contributed by atoms with van der Waals surface area (Å²) in [5, 5.41) is 7.97. The molecule has 0 bridgehead atoms. The number of benzene rings is 2. The number of nitrogens with zero attached hydrogens (tertiary/aromatic N) is 3. The number of aryl methyl sites for hydroxylation is 1. The van der Waals surface area contributed by atoms with Crippen LogP contribution in [0.25, 0.3) is 11.0 Å². The molecular formula is C15H12BrN3O. The molecule has 5 heteroatoms. The first-order chi connectivity index (χ1) is 9.68. The molecule has 1 aromatic heterocycles. The summed E-state index contributed by atoms with van der Waals surface area (Å²) >= 11 is 3.47. The van der Waals surface area contributed by atoms with E-state index < -0.39 is 4.83 Å². The molecule has 0 aliphatic carbocycles. The Balaban J connectivity index is 2.03. The Kier molecular flexibility index (Phi) is 3.36. The Morgan fingerprint density at radius 3 is 2.65 bits per heavy atom. The van der Waals surface area contributed by atoms with Crippen molar-refractivity contribution in [2.75, 3.05) is 0 Å². The van der Waals surface area contributed by atoms with Gasteiger partial charge in [-0.1, -0.05) is 57.5 Å². The van der Waals surface area contributed by atoms with Gasteiger partial charge in [0, 0.05) is 0 Å². The summed E-state index contributed by atoms with van der Waals surface area (Å²) in [6.07, 6.45) is 0. The molecule has 20 heavy (non-hydrogen) atoms. The summed E-state index contributed by atoms with van der Waals surface area (Å²) in [5.41, 5.74) is 3.44. The zero-order valence-electron chi connectivity index (χ0n) is 10.8. The number of carbonyl (C=O) groups is 1. The fourth-order valence-electron chi connectivity index (χ4n) is 2.14. The zero-order valence-corrected chi connectivity index (χ0v) is 12.4. The van der Waals surface area contributed by atoms with Gasteiger partial charge in [-0.15, -0.1) is 5.10 Å². The lowest BCUT2D eigenvalue weighted by Gasteiger charge is -2.11. The van der Waals surface area contributed by atoms with E-state index in [9.17, 15) is 4.79 Å². The number of alkyl halides is 1. The fourth-order valence-corrected chi connectivity index (χ4v) is 2.85. The van der Waals surface area contributed by atoms with Crippen LogP contribution in [0.5, 0.6) is 0 Å². The molecule has 0 N–H and O–H groups in total. The third kappa shape index (κ3) is 2.14. The molecule has 100 valence electrons. The van der Waals surface area contributed by atoms with Gasteiger partial charge in [-0.25, -0.2) is 0 Å². The van der Waals surface area contributed by atoms with Crippen molar-refractivity contribution in [2.45, 2.75) is 11.8 Å². The van der Waals surface area contributed by atoms with E-state index in [1.54, 1.807) is 0 Å². The van der Waals surface area contributed by atoms with Crippen LogP contribution in [0, 0.1) is 6.92 Å². The summed E-state index contributed by atoms with van der Waals surface area (Å²) in [6.45, 7) is 1.98. The molecule has 0 amide bonds. The minimum Gasteiger partial charge on any atom is -0.271 e. The number of fused-ring (bicyclic) bond motifs is 1. The van der Waals surface area contributed by atoms with Gasteiger partial charge in [-0.2, -0.15) is 4.68 Å². The van der Waals surface area contributed by atoms with Gasteiger partial charge < -0.3 is 0 Å². The lowest BCUT2D eigenvalue weighted by molar-refractivity contribution is 0.0900. The zero-order chi connectivity index (χ0) is 14.1. The van der Waals surface area contributed by atoms with Crippen molar-refractivity contribution in [1.82, 2.24) is 15.0 Å². The summed E-state index contributed by atoms with van der Waals surface area (Å²) in [7, 11) is 0. The number of hydrogen-bond donors (Lipinski definition) is 0. The van der Waals surface area contributed by atoms with Crippen LogP contribution in [0.2, 0.25) is 0 Å². The molecule has 2 aromatic carbocycles. The Bertz CT molecular complexity index is 781. The van der Waals surface area contributed by atoms with Crippen molar-refractivity contribution < 1.29 is 4.79 Å². The maximum Gasteiger partial charge on any atom is 0.267 e. The highest BCUT2D eigenvalue weighted by molar-refractivity contribution is 9.09. The van der Waals surface area contributed by atoms with Crippen LogP contribution in [0.4, 0.5) is 0 Å². The topological polar surface area (TPSA) is 47.8 Å². The molecule has 1 heterocycles. The van der Waals surface area contributed by atoms with E-state index in [0.717, 1.165) is 16.6 Å². The number of hydrogen-bond acceptors (Lipinski definition) is 3. The van der Waals surface area contributed by atoms with Crippen LogP contribution in [0.3, 0.4) is 0 Å². The van der Waals surface area contributed by atoms with Gasteiger partial charge in [0.25, 0.3) is 5.91 Å². The number of para-hydroxylation sites is 1. The largest absolute Gasteiger partial charge is 0.271 e. The van der Waals surface area contributed by atoms with E-state index in [-0.39, 0.29) is 5.91 Å². The third-order valence-corrected chi connectivity index (χ3v) is 4.12. The molecule has 0 saturated heterocycles. The predicted molar refractivity (Wildman–Crippen MR) is 81.0 cm³/mol. The molecule has 3 rings (SSSR count). The van der Waals surface area contributed by atoms with Gasteiger partial charge >= 0.3 is 0 Å². The molecule has 0 radical (unpaired) electrons. The second kappa shape index (κ2) is 5.17. The number of halogens is 1. The van der Waals surface area contributed by atoms with Gasteiger partial charge in [0.2, 0.25) is 0 Å². The highest BCUT2D eigenvalue weighted by Gasteiger charge is 2.23. The van der Waals surface area contributed by atoms with Crippen molar-refractivity contribution in [3.05, 3.63) is 59.7 Å². The highest BCUT2D eigenvalue weighted by Crippen LogP contribution is 2.28. The Labute approximate surface area is 124 Å². The smallest absolute Gasteiger partial charge is 0.267 e. The van der Waals surface area contributed by atoms with E-state index in [1.165, 1.54) is 4.68 Å². The van der Waals surface area contributed by atoms with Gasteiger partial charge in [-0.05, 0) is 30.2 Å². The van der Waals surface area contributed by atoms with Gasteiger partial charge in [0.1, 0.15) is 10.3 Å². The van der Waals surface area contributed by atoms with Crippen LogP contribution in [-0.2, 0) is 0 Å². The van der Waals surface area contributed by atoms with Crippen LogP contribution < -0.4 is 0 Å². The Morgan fingerprint density at radius 1 is 1.15 bits per heavy atom. The summed E-state index contributed by atoms with van der Waals surface area (Å²) in [5.74, 6) is -0.145. The predicted octanol–water partition coefficient (Wildman–Crippen LogP) is 3.52. The van der Waals surface area contributed by atoms with E-state index in [4.69, 9.17) is 0 Å². The van der Waals surface area contributed by atoms with Crippen molar-refractivity contribution in [1.29, 1.82) is 0 Å². The van der Waals surface area contributed by atoms with Crippen LogP contribution in [0.15, 0.2) is 48.5 Å². The van der Waals surface area contributed by atoms with Crippen molar-refractivity contribution in [3.63, 3.8) is 0 Å². The van der Waals surface area contributed by atoms with Gasteiger partial charge in [-0.3, -0.25) is 4.79 Å². The van der Waals surface area contributed by atoms with Crippen molar-refractivity contribution in [2.24, 2.45) is 0 Å². The second-order valence-corrected chi connectivity index (χ2v) is 5.46. The van der Waals surface area contributed by atoms with Crippen LogP contribution >= 0.6 is 15.9 Å². The summed E-state index contributed by atoms with van der Waals surface area (Å²) < 4.78 is 1.35. The SMILES string of the molecule is Cc1ccccc1C(Br)C(=O)n1nnc2ccccc21. The highest BCUT2D eigenvalue weighted by atomic mass is 79.9. The van der Waals surface area contributed by atoms with Crippen molar-refractivity contribution in [3.8, 4) is 0 Å². The standard InChI is InChI=1S/C15H12BrN3O/c1-10-6-2-3-7-11(10)14(16)15(20)19-13-9-5-4-8-12(13)17-18-19/h2-9,14H,1H3. The summed E-state index contributed by atoms with van der Waals surface area (Å²) in [4.78, 5) is 12.1. The molecule has 0 fully saturated rings. The molecular weight excluding hydrogens is 318 g/mol. The maximum atomic E-state index is 12.6. The molecule has 3 aromatic rings. The molecule has 1 unspecified atom stereocenters. The molecule has 0 spiro atoms. The van der Waals surface area contributed by atoms with E-state index >= 15 is 0 Å². The van der Waals surface area contributed by atoms with Gasteiger partial charge in [0.05, 0.1) is 5.52 Å². The fraction of sp³-hybridized carbons (Fsp3) is 0.133. The Morgan fingerprint density at radius 2 is 1.85 bits per heavy atom. The van der Waals surface area contributed by atoms with Crippen molar-refractivity contribution >= 4 is 32.9 Å². The lowest BCUT2D eigenvalue weighted by Crippen LogP contribution is -2.18. The van der Waals surface area contributed by atoms with E-state index in [1.807, 2.05) is 55.5 Å². The number of carbonyl (C=O) groups excluding carboxylic acids is 1. The lowest BCUT2D eigenvalue weighted by atomic mass is 10.1. The first kappa shape index (κ1) is 13.0. The van der Waals surface area contributed by atoms with Crippen LogP contribution in [0.1, 0.15) is 20.7 Å². The molecule has 0 aliphatic heterocycles. The van der Waals surface area contributed by atoms with E-state index in [2.05, 4.69) is 26.2 Å². The summed E-state index contributed by atoms with van der Waals surface area (Å²) in [6, 6.07) is 15.2. The van der Waals surface area contributed by atoms with Gasteiger partial charge in [0.15, 0.2) is 0 Å². The molecule has 4 nitrogen and oxygen atoms in total. The minimum absolute atomic E-state index is 0.145. The molecule has 0 saturated carbocycles. The second-order valence-electron chi connectivity index (χ2n) is 4.55. The molecule has 1 atom stereocenters. The van der Waals surface area contributed by atoms with Crippen LogP contribution in [-0.4, -0.2) is 20.9 Å². The normalized spacial score (nSPS) is 12.5. The first-order valence-electron chi connectivity index (χ1n) is 6.23. The number of rotatable bonds is 2. The minimum atomic E-state index is -0.436. The maximum absolute atomic E-state index is 12.6. The first-order valence-corrected chi connectivity index (χ1v) is 7.14. The average molecular weight is 330 g/mol. The van der Waals surface area contributed by atoms with E-state index in [0.29, 0.717) is 5.52 Å².